The largest absolute Gasteiger partial charge is 0.352 e. The second-order valence-electron chi connectivity index (χ2n) is 4.92. The van der Waals surface area contributed by atoms with Gasteiger partial charge in [0, 0.05) is 25.7 Å². The quantitative estimate of drug-likeness (QED) is 0.751. The smallest absolute Gasteiger partial charge is 0.238 e. The Kier molecular flexibility index (Phi) is 5.39. The van der Waals surface area contributed by atoms with Crippen LogP contribution < -0.4 is 5.32 Å². The molecule has 0 aromatic carbocycles. The Morgan fingerprint density at radius 1 is 1.59 bits per heavy atom. The predicted molar refractivity (Wildman–Crippen MR) is 66.4 cm³/mol. The summed E-state index contributed by atoms with van der Waals surface area (Å²) in [7, 11) is 4.03. The van der Waals surface area contributed by atoms with E-state index < -0.39 is 0 Å². The average Bonchev–Trinajstić information content (AvgIpc) is 2.38. The SMILES string of the molecule is CC1CCN(CCN(C)C)C(CC#N)C(=O)N1. The molecule has 17 heavy (non-hydrogen) atoms. The Hall–Kier alpha value is -1.12. The van der Waals surface area contributed by atoms with Gasteiger partial charge in [0.05, 0.1) is 12.5 Å². The molecule has 0 aromatic heterocycles. The van der Waals surface area contributed by atoms with Gasteiger partial charge >= 0.3 is 0 Å². The van der Waals surface area contributed by atoms with Crippen molar-refractivity contribution in [1.29, 1.82) is 5.26 Å². The minimum atomic E-state index is -0.287. The van der Waals surface area contributed by atoms with Crippen molar-refractivity contribution < 1.29 is 4.79 Å². The molecular weight excluding hydrogens is 216 g/mol. The van der Waals surface area contributed by atoms with Gasteiger partial charge in [0.25, 0.3) is 0 Å². The van der Waals surface area contributed by atoms with E-state index in [1.807, 2.05) is 21.0 Å². The molecule has 1 amide bonds. The summed E-state index contributed by atoms with van der Waals surface area (Å²) >= 11 is 0. The van der Waals surface area contributed by atoms with E-state index >= 15 is 0 Å². The molecule has 96 valence electrons. The molecule has 1 aliphatic rings. The third kappa shape index (κ3) is 4.33. The molecule has 2 unspecified atom stereocenters. The van der Waals surface area contributed by atoms with Gasteiger partial charge in [-0.15, -0.1) is 0 Å². The molecular formula is C12H22N4O. The van der Waals surface area contributed by atoms with Crippen molar-refractivity contribution >= 4 is 5.91 Å². The molecule has 0 bridgehead atoms. The van der Waals surface area contributed by atoms with Crippen LogP contribution in [0.5, 0.6) is 0 Å². The van der Waals surface area contributed by atoms with Crippen molar-refractivity contribution in [3.8, 4) is 6.07 Å². The summed E-state index contributed by atoms with van der Waals surface area (Å²) in [5, 5.41) is 11.8. The Balaban J connectivity index is 2.67. The van der Waals surface area contributed by atoms with Crippen LogP contribution in [0.3, 0.4) is 0 Å². The molecule has 0 spiro atoms. The molecule has 1 saturated heterocycles. The number of hydrogen-bond donors (Lipinski definition) is 1. The van der Waals surface area contributed by atoms with Crippen LogP contribution in [-0.4, -0.2) is 61.5 Å². The van der Waals surface area contributed by atoms with Crippen molar-refractivity contribution in [2.24, 2.45) is 0 Å². The number of nitriles is 1. The summed E-state index contributed by atoms with van der Waals surface area (Å²) < 4.78 is 0. The summed E-state index contributed by atoms with van der Waals surface area (Å²) in [6.07, 6.45) is 1.22. The van der Waals surface area contributed by atoms with Gasteiger partial charge < -0.3 is 10.2 Å². The first-order valence-electron chi connectivity index (χ1n) is 6.10. The molecule has 1 heterocycles. The average molecular weight is 238 g/mol. The number of likely N-dealkylation sites (N-methyl/N-ethyl adjacent to an activating group) is 1. The number of carbonyl (C=O) groups is 1. The fourth-order valence-corrected chi connectivity index (χ4v) is 2.00. The van der Waals surface area contributed by atoms with Crippen molar-refractivity contribution in [3.05, 3.63) is 0 Å². The highest BCUT2D eigenvalue weighted by Gasteiger charge is 2.29. The second-order valence-corrected chi connectivity index (χ2v) is 4.92. The molecule has 5 nitrogen and oxygen atoms in total. The van der Waals surface area contributed by atoms with Crippen LogP contribution in [0.1, 0.15) is 19.8 Å². The molecule has 1 fully saturated rings. The summed E-state index contributed by atoms with van der Waals surface area (Å²) in [6, 6.07) is 2.03. The van der Waals surface area contributed by atoms with Crippen molar-refractivity contribution in [2.45, 2.75) is 31.8 Å². The number of nitrogens with zero attached hydrogens (tertiary/aromatic N) is 3. The molecule has 1 aliphatic heterocycles. The lowest BCUT2D eigenvalue weighted by Crippen LogP contribution is -2.46. The van der Waals surface area contributed by atoms with Gasteiger partial charge in [0.15, 0.2) is 0 Å². The third-order valence-corrected chi connectivity index (χ3v) is 3.10. The predicted octanol–water partition coefficient (Wildman–Crippen LogP) is 0.0407. The van der Waals surface area contributed by atoms with E-state index in [4.69, 9.17) is 5.26 Å². The molecule has 0 radical (unpaired) electrons. The standard InChI is InChI=1S/C12H22N4O/c1-10-5-7-16(9-8-15(2)3)11(4-6-13)12(17)14-10/h10-11H,4-5,7-9H2,1-3H3,(H,14,17). The Morgan fingerprint density at radius 3 is 2.88 bits per heavy atom. The van der Waals surface area contributed by atoms with Crippen molar-refractivity contribution in [1.82, 2.24) is 15.1 Å². The topological polar surface area (TPSA) is 59.4 Å². The Morgan fingerprint density at radius 2 is 2.29 bits per heavy atom. The maximum atomic E-state index is 12.0. The van der Waals surface area contributed by atoms with Crippen LogP contribution in [0.15, 0.2) is 0 Å². The highest BCUT2D eigenvalue weighted by atomic mass is 16.2. The van der Waals surface area contributed by atoms with E-state index in [0.717, 1.165) is 26.1 Å². The number of carbonyl (C=O) groups excluding carboxylic acids is 1. The normalized spacial score (nSPS) is 26.4. The summed E-state index contributed by atoms with van der Waals surface area (Å²) in [4.78, 5) is 16.2. The van der Waals surface area contributed by atoms with E-state index in [1.165, 1.54) is 0 Å². The maximum absolute atomic E-state index is 12.0. The third-order valence-electron chi connectivity index (χ3n) is 3.10. The number of hydrogen-bond acceptors (Lipinski definition) is 4. The Labute approximate surface area is 103 Å². The lowest BCUT2D eigenvalue weighted by molar-refractivity contribution is -0.125. The van der Waals surface area contributed by atoms with Crippen LogP contribution in [0.4, 0.5) is 0 Å². The Bertz CT molecular complexity index is 297. The number of rotatable bonds is 4. The van der Waals surface area contributed by atoms with Crippen LogP contribution >= 0.6 is 0 Å². The van der Waals surface area contributed by atoms with Crippen LogP contribution in [0.25, 0.3) is 0 Å². The minimum absolute atomic E-state index is 0.00435. The molecule has 1 rings (SSSR count). The van der Waals surface area contributed by atoms with Gasteiger partial charge in [0.2, 0.25) is 5.91 Å². The monoisotopic (exact) mass is 238 g/mol. The van der Waals surface area contributed by atoms with Gasteiger partial charge in [-0.3, -0.25) is 9.69 Å². The highest BCUT2D eigenvalue weighted by Crippen LogP contribution is 2.11. The first-order chi connectivity index (χ1) is 8.04. The van der Waals surface area contributed by atoms with Gasteiger partial charge in [-0.25, -0.2) is 0 Å². The van der Waals surface area contributed by atoms with E-state index in [1.54, 1.807) is 0 Å². The van der Waals surface area contributed by atoms with Gasteiger partial charge in [0.1, 0.15) is 6.04 Å². The molecule has 0 aliphatic carbocycles. The van der Waals surface area contributed by atoms with E-state index in [2.05, 4.69) is 21.2 Å². The molecule has 1 N–H and O–H groups in total. The zero-order chi connectivity index (χ0) is 12.8. The fourth-order valence-electron chi connectivity index (χ4n) is 2.00. The van der Waals surface area contributed by atoms with Crippen LogP contribution in [-0.2, 0) is 4.79 Å². The minimum Gasteiger partial charge on any atom is -0.352 e. The molecule has 5 heteroatoms. The van der Waals surface area contributed by atoms with Gasteiger partial charge in [-0.05, 0) is 27.4 Å². The number of amides is 1. The van der Waals surface area contributed by atoms with Crippen LogP contribution in [0.2, 0.25) is 0 Å². The summed E-state index contributed by atoms with van der Waals surface area (Å²) in [5.74, 6) is -0.00435. The fraction of sp³-hybridized carbons (Fsp3) is 0.833. The van der Waals surface area contributed by atoms with Gasteiger partial charge in [-0.2, -0.15) is 5.26 Å². The lowest BCUT2D eigenvalue weighted by atomic mass is 10.1. The van der Waals surface area contributed by atoms with Gasteiger partial charge in [-0.1, -0.05) is 0 Å². The first-order valence-corrected chi connectivity index (χ1v) is 6.10. The molecule has 0 aromatic rings. The van der Waals surface area contributed by atoms with E-state index in [-0.39, 0.29) is 24.4 Å². The summed E-state index contributed by atoms with van der Waals surface area (Å²) in [6.45, 7) is 4.62. The molecule has 0 saturated carbocycles. The number of nitrogens with one attached hydrogen (secondary N) is 1. The molecule has 2 atom stereocenters. The van der Waals surface area contributed by atoms with Crippen molar-refractivity contribution in [3.63, 3.8) is 0 Å². The summed E-state index contributed by atoms with van der Waals surface area (Å²) in [5.41, 5.74) is 0. The second kappa shape index (κ2) is 6.58. The lowest BCUT2D eigenvalue weighted by Gasteiger charge is -2.27. The zero-order valence-corrected chi connectivity index (χ0v) is 10.9. The maximum Gasteiger partial charge on any atom is 0.238 e. The van der Waals surface area contributed by atoms with Crippen molar-refractivity contribution in [2.75, 3.05) is 33.7 Å². The van der Waals surface area contributed by atoms with Crippen LogP contribution in [0, 0.1) is 11.3 Å². The first kappa shape index (κ1) is 13.9. The zero-order valence-electron chi connectivity index (χ0n) is 10.9. The van der Waals surface area contributed by atoms with E-state index in [0.29, 0.717) is 0 Å². The van der Waals surface area contributed by atoms with E-state index in [9.17, 15) is 4.79 Å². The highest BCUT2D eigenvalue weighted by molar-refractivity contribution is 5.82.